The summed E-state index contributed by atoms with van der Waals surface area (Å²) >= 11 is 0. The lowest BCUT2D eigenvalue weighted by Crippen LogP contribution is -2.30. The van der Waals surface area contributed by atoms with Gasteiger partial charge in [-0.15, -0.1) is 0 Å². The van der Waals surface area contributed by atoms with E-state index in [2.05, 4.69) is 69.4 Å². The smallest absolute Gasteiger partial charge is 0.306 e. The van der Waals surface area contributed by atoms with E-state index in [1.165, 1.54) is 180 Å². The van der Waals surface area contributed by atoms with Crippen LogP contribution in [0.25, 0.3) is 0 Å². The summed E-state index contributed by atoms with van der Waals surface area (Å²) in [5, 5.41) is 0. The zero-order valence-electron chi connectivity index (χ0n) is 44.7. The van der Waals surface area contributed by atoms with Crippen molar-refractivity contribution in [2.45, 2.75) is 309 Å². The number of carbonyl (C=O) groups excluding carboxylic acids is 3. The van der Waals surface area contributed by atoms with Gasteiger partial charge in [0.05, 0.1) is 0 Å². The number of esters is 3. The summed E-state index contributed by atoms with van der Waals surface area (Å²) in [5.41, 5.74) is 0. The molecule has 0 unspecified atom stereocenters. The van der Waals surface area contributed by atoms with Crippen LogP contribution in [0, 0.1) is 0 Å². The second kappa shape index (κ2) is 56.0. The van der Waals surface area contributed by atoms with Gasteiger partial charge in [0.15, 0.2) is 6.10 Å². The van der Waals surface area contributed by atoms with Crippen LogP contribution < -0.4 is 0 Å². The lowest BCUT2D eigenvalue weighted by Gasteiger charge is -2.18. The van der Waals surface area contributed by atoms with Gasteiger partial charge in [0.1, 0.15) is 13.2 Å². The maximum Gasteiger partial charge on any atom is 0.306 e. The van der Waals surface area contributed by atoms with Crippen LogP contribution in [-0.4, -0.2) is 37.2 Å². The van der Waals surface area contributed by atoms with E-state index in [-0.39, 0.29) is 31.1 Å². The van der Waals surface area contributed by atoms with E-state index < -0.39 is 6.10 Å². The predicted molar refractivity (Wildman–Crippen MR) is 289 cm³/mol. The third-order valence-electron chi connectivity index (χ3n) is 12.8. The van der Waals surface area contributed by atoms with Gasteiger partial charge in [-0.1, -0.05) is 249 Å². The topological polar surface area (TPSA) is 78.9 Å². The SMILES string of the molecule is CCCCC/C=C\C/C=C\CCCCCCCCCCCC(=O)OC[C@H](COC(=O)CCCCCCC/C=C\C/C=C\CCCCC)OC(=O)CCCCCCCCCCCCCCCCC. The number of unbranched alkanes of at least 4 members (excludes halogenated alkanes) is 34. The number of hydrogen-bond acceptors (Lipinski definition) is 6. The molecule has 0 amide bonds. The largest absolute Gasteiger partial charge is 0.462 e. The van der Waals surface area contributed by atoms with E-state index in [1.807, 2.05) is 0 Å². The van der Waals surface area contributed by atoms with Crippen LogP contribution in [0.15, 0.2) is 48.6 Å². The summed E-state index contributed by atoms with van der Waals surface area (Å²) in [6, 6.07) is 0. The molecular weight excluding hydrogens is 829 g/mol. The second-order valence-electron chi connectivity index (χ2n) is 19.6. The van der Waals surface area contributed by atoms with Crippen molar-refractivity contribution >= 4 is 17.9 Å². The zero-order valence-corrected chi connectivity index (χ0v) is 44.7. The Hall–Kier alpha value is -2.63. The number of carbonyl (C=O) groups is 3. The highest BCUT2D eigenvalue weighted by Crippen LogP contribution is 2.16. The van der Waals surface area contributed by atoms with Crippen molar-refractivity contribution in [3.05, 3.63) is 48.6 Å². The van der Waals surface area contributed by atoms with Gasteiger partial charge in [0.2, 0.25) is 0 Å². The first-order chi connectivity index (χ1) is 33.0. The van der Waals surface area contributed by atoms with Crippen LogP contribution in [0.1, 0.15) is 303 Å². The van der Waals surface area contributed by atoms with E-state index in [4.69, 9.17) is 14.2 Å². The summed E-state index contributed by atoms with van der Waals surface area (Å²) in [7, 11) is 0. The van der Waals surface area contributed by atoms with E-state index in [0.29, 0.717) is 19.3 Å². The maximum absolute atomic E-state index is 12.9. The lowest BCUT2D eigenvalue weighted by atomic mass is 10.0. The van der Waals surface area contributed by atoms with Gasteiger partial charge in [-0.05, 0) is 83.5 Å². The maximum atomic E-state index is 12.9. The van der Waals surface area contributed by atoms with E-state index in [1.54, 1.807) is 0 Å². The fraction of sp³-hybridized carbons (Fsp3) is 0.820. The fourth-order valence-corrected chi connectivity index (χ4v) is 8.39. The highest BCUT2D eigenvalue weighted by molar-refractivity contribution is 5.71. The van der Waals surface area contributed by atoms with Gasteiger partial charge in [-0.25, -0.2) is 0 Å². The van der Waals surface area contributed by atoms with E-state index in [9.17, 15) is 14.4 Å². The molecule has 0 heterocycles. The predicted octanol–water partition coefficient (Wildman–Crippen LogP) is 19.4. The number of ether oxygens (including phenoxy) is 3. The first-order valence-corrected chi connectivity index (χ1v) is 29.1. The van der Waals surface area contributed by atoms with Crippen molar-refractivity contribution in [2.24, 2.45) is 0 Å². The van der Waals surface area contributed by atoms with Crippen LogP contribution in [-0.2, 0) is 28.6 Å². The Morgan fingerprint density at radius 3 is 0.851 bits per heavy atom. The zero-order chi connectivity index (χ0) is 48.6. The summed E-state index contributed by atoms with van der Waals surface area (Å²) in [6.07, 6.45) is 68.1. The van der Waals surface area contributed by atoms with Crippen molar-refractivity contribution in [3.8, 4) is 0 Å². The monoisotopic (exact) mass is 939 g/mol. The molecule has 0 aliphatic rings. The third kappa shape index (κ3) is 54.2. The average Bonchev–Trinajstić information content (AvgIpc) is 3.33. The molecule has 0 rings (SSSR count). The average molecular weight is 940 g/mol. The summed E-state index contributed by atoms with van der Waals surface area (Å²) < 4.78 is 16.9. The van der Waals surface area contributed by atoms with Crippen LogP contribution >= 0.6 is 0 Å². The van der Waals surface area contributed by atoms with Crippen LogP contribution in [0.4, 0.5) is 0 Å². The van der Waals surface area contributed by atoms with Crippen molar-refractivity contribution in [1.82, 2.24) is 0 Å². The molecule has 0 aliphatic carbocycles. The normalized spacial score (nSPS) is 12.3. The first-order valence-electron chi connectivity index (χ1n) is 29.1. The lowest BCUT2D eigenvalue weighted by molar-refractivity contribution is -0.167. The third-order valence-corrected chi connectivity index (χ3v) is 12.8. The molecule has 390 valence electrons. The Morgan fingerprint density at radius 1 is 0.299 bits per heavy atom. The Balaban J connectivity index is 4.36. The molecule has 0 radical (unpaired) electrons. The summed E-state index contributed by atoms with van der Waals surface area (Å²) in [5.74, 6) is -0.879. The molecule has 6 heteroatoms. The van der Waals surface area contributed by atoms with Gasteiger partial charge in [-0.2, -0.15) is 0 Å². The molecule has 0 bridgehead atoms. The molecule has 1 atom stereocenters. The van der Waals surface area contributed by atoms with Crippen molar-refractivity contribution < 1.29 is 28.6 Å². The standard InChI is InChI=1S/C61H110O6/c1-4-7-10-13-16-19-22-25-28-29-30-31-34-36-39-42-45-48-51-54-60(63)66-57-58(67-61(64)55-52-49-46-43-40-37-33-27-24-21-18-15-12-9-6-3)56-65-59(62)53-50-47-44-41-38-35-32-26-23-20-17-14-11-8-5-2/h16-17,19-20,25-26,28,32,58H,4-15,18,21-24,27,29-31,33-57H2,1-3H3/b19-16-,20-17-,28-25-,32-26-/t58-/m0/s1. The number of rotatable bonds is 53. The molecule has 0 N–H and O–H groups in total. The van der Waals surface area contributed by atoms with Gasteiger partial charge in [0.25, 0.3) is 0 Å². The molecule has 0 spiro atoms. The second-order valence-corrected chi connectivity index (χ2v) is 19.6. The molecule has 0 aliphatic heterocycles. The van der Waals surface area contributed by atoms with Crippen LogP contribution in [0.2, 0.25) is 0 Å². The summed E-state index contributed by atoms with van der Waals surface area (Å²) in [6.45, 7) is 6.61. The van der Waals surface area contributed by atoms with Crippen molar-refractivity contribution in [2.75, 3.05) is 13.2 Å². The molecule has 0 fully saturated rings. The molecule has 67 heavy (non-hydrogen) atoms. The minimum absolute atomic E-state index is 0.0770. The highest BCUT2D eigenvalue weighted by Gasteiger charge is 2.19. The van der Waals surface area contributed by atoms with Crippen LogP contribution in [0.3, 0.4) is 0 Å². The van der Waals surface area contributed by atoms with E-state index in [0.717, 1.165) is 83.5 Å². The fourth-order valence-electron chi connectivity index (χ4n) is 8.39. The van der Waals surface area contributed by atoms with Gasteiger partial charge < -0.3 is 14.2 Å². The molecule has 6 nitrogen and oxygen atoms in total. The molecule has 0 aromatic rings. The molecule has 0 aromatic heterocycles. The Morgan fingerprint density at radius 2 is 0.537 bits per heavy atom. The molecule has 0 saturated carbocycles. The Bertz CT molecular complexity index is 1170. The van der Waals surface area contributed by atoms with Gasteiger partial charge in [0, 0.05) is 19.3 Å². The van der Waals surface area contributed by atoms with Crippen LogP contribution in [0.5, 0.6) is 0 Å². The van der Waals surface area contributed by atoms with Gasteiger partial charge >= 0.3 is 17.9 Å². The van der Waals surface area contributed by atoms with Crippen molar-refractivity contribution in [3.63, 3.8) is 0 Å². The minimum Gasteiger partial charge on any atom is -0.462 e. The number of allylic oxidation sites excluding steroid dienone is 8. The summed E-state index contributed by atoms with van der Waals surface area (Å²) in [4.78, 5) is 38.2. The highest BCUT2D eigenvalue weighted by atomic mass is 16.6. The van der Waals surface area contributed by atoms with Crippen molar-refractivity contribution in [1.29, 1.82) is 0 Å². The Labute approximate surface area is 416 Å². The first kappa shape index (κ1) is 64.4. The Kier molecular flexibility index (Phi) is 53.8. The van der Waals surface area contributed by atoms with E-state index >= 15 is 0 Å². The van der Waals surface area contributed by atoms with Gasteiger partial charge in [-0.3, -0.25) is 14.4 Å². The number of hydrogen-bond donors (Lipinski definition) is 0. The minimum atomic E-state index is -0.778. The quantitative estimate of drug-likeness (QED) is 0.0262. The molecular formula is C61H110O6. The molecule has 0 aromatic carbocycles. The molecule has 0 saturated heterocycles.